The second-order valence-corrected chi connectivity index (χ2v) is 8.70. The number of hydrogen-bond acceptors (Lipinski definition) is 4. The number of fused-ring (bicyclic) bond motifs is 1. The number of nitrogens with zero attached hydrogens (tertiary/aromatic N) is 2. The van der Waals surface area contributed by atoms with Crippen LogP contribution < -0.4 is 0 Å². The van der Waals surface area contributed by atoms with Crippen LogP contribution >= 0.6 is 11.6 Å². The first-order valence-corrected chi connectivity index (χ1v) is 11.2. The summed E-state index contributed by atoms with van der Waals surface area (Å²) in [5.41, 5.74) is 1.15. The Morgan fingerprint density at radius 3 is 2.70 bits per heavy atom. The molecule has 1 fully saturated rings. The molecular weight excluding hydrogens is 407 g/mol. The van der Waals surface area contributed by atoms with Gasteiger partial charge in [-0.05, 0) is 50.0 Å². The summed E-state index contributed by atoms with van der Waals surface area (Å²) in [6, 6.07) is 6.70. The number of ketones is 1. The van der Waals surface area contributed by atoms with Gasteiger partial charge in [-0.15, -0.1) is 0 Å². The SMILES string of the molecule is CCN(CC)CCN1C(=O)C2=C(C(=O)C3CC(F)CCC3O2)C1c1cccc(Cl)c1. The molecule has 30 heavy (non-hydrogen) atoms. The van der Waals surface area contributed by atoms with Crippen LogP contribution in [0.3, 0.4) is 0 Å². The Balaban J connectivity index is 1.71. The number of amides is 1. The molecule has 1 aromatic rings. The lowest BCUT2D eigenvalue weighted by Crippen LogP contribution is -2.42. The Labute approximate surface area is 181 Å². The molecule has 4 unspecified atom stereocenters. The van der Waals surface area contributed by atoms with Crippen molar-refractivity contribution in [2.24, 2.45) is 5.92 Å². The van der Waals surface area contributed by atoms with Gasteiger partial charge in [-0.1, -0.05) is 37.6 Å². The summed E-state index contributed by atoms with van der Waals surface area (Å²) < 4.78 is 20.1. The second-order valence-electron chi connectivity index (χ2n) is 8.26. The minimum Gasteiger partial charge on any atom is -0.483 e. The molecule has 0 radical (unpaired) electrons. The number of hydrogen-bond donors (Lipinski definition) is 0. The smallest absolute Gasteiger partial charge is 0.290 e. The summed E-state index contributed by atoms with van der Waals surface area (Å²) in [7, 11) is 0. The molecule has 0 N–H and O–H groups in total. The lowest BCUT2D eigenvalue weighted by molar-refractivity contribution is -0.136. The zero-order valence-electron chi connectivity index (χ0n) is 17.4. The molecule has 0 saturated heterocycles. The number of ether oxygens (including phenoxy) is 1. The number of likely N-dealkylation sites (N-methyl/N-ethyl adjacent to an activating group) is 1. The maximum absolute atomic E-state index is 14.1. The first-order chi connectivity index (χ1) is 14.4. The lowest BCUT2D eigenvalue weighted by atomic mass is 9.77. The fourth-order valence-electron chi connectivity index (χ4n) is 4.91. The normalized spacial score (nSPS) is 28.6. The van der Waals surface area contributed by atoms with Crippen LogP contribution in [0.25, 0.3) is 0 Å². The molecule has 1 saturated carbocycles. The largest absolute Gasteiger partial charge is 0.483 e. The Bertz CT molecular complexity index is 870. The van der Waals surface area contributed by atoms with Gasteiger partial charge < -0.3 is 14.5 Å². The molecule has 0 bridgehead atoms. The standard InChI is InChI=1S/C23H28ClFN2O3/c1-3-26(4-2)10-11-27-20(14-6-5-7-15(24)12-14)19-21(28)17-13-16(25)8-9-18(17)30-22(19)23(27)29/h5-7,12,16-18,20H,3-4,8-11,13H2,1-2H3. The van der Waals surface area contributed by atoms with Gasteiger partial charge in [-0.25, -0.2) is 4.39 Å². The molecule has 1 amide bonds. The Morgan fingerprint density at radius 1 is 1.23 bits per heavy atom. The number of carbonyl (C=O) groups is 2. The van der Waals surface area contributed by atoms with E-state index >= 15 is 0 Å². The molecule has 0 aromatic heterocycles. The van der Waals surface area contributed by atoms with Gasteiger partial charge in [0.15, 0.2) is 11.5 Å². The number of Topliss-reactive ketones (excluding diaryl/α,β-unsaturated/α-hetero) is 1. The molecule has 3 aliphatic rings. The van der Waals surface area contributed by atoms with Gasteiger partial charge in [0.05, 0.1) is 17.5 Å². The molecular formula is C23H28ClFN2O3. The summed E-state index contributed by atoms with van der Waals surface area (Å²) in [4.78, 5) is 30.8. The van der Waals surface area contributed by atoms with Crippen molar-refractivity contribution in [1.29, 1.82) is 0 Å². The highest BCUT2D eigenvalue weighted by molar-refractivity contribution is 6.30. The van der Waals surface area contributed by atoms with E-state index in [1.54, 1.807) is 17.0 Å². The van der Waals surface area contributed by atoms with E-state index in [1.165, 1.54) is 0 Å². The molecule has 2 aliphatic heterocycles. The molecule has 5 nitrogen and oxygen atoms in total. The fourth-order valence-corrected chi connectivity index (χ4v) is 5.10. The van der Waals surface area contributed by atoms with Gasteiger partial charge in [-0.3, -0.25) is 9.59 Å². The summed E-state index contributed by atoms with van der Waals surface area (Å²) in [5.74, 6) is -0.767. The van der Waals surface area contributed by atoms with Crippen LogP contribution in [0.1, 0.15) is 44.7 Å². The Hall–Kier alpha value is -1.92. The number of rotatable bonds is 6. The molecule has 4 atom stereocenters. The van der Waals surface area contributed by atoms with Crippen LogP contribution in [0.2, 0.25) is 5.02 Å². The average Bonchev–Trinajstić information content (AvgIpc) is 3.02. The van der Waals surface area contributed by atoms with Crippen molar-refractivity contribution in [3.8, 4) is 0 Å². The lowest BCUT2D eigenvalue weighted by Gasteiger charge is -2.36. The summed E-state index contributed by atoms with van der Waals surface area (Å²) in [6.45, 7) is 7.10. The van der Waals surface area contributed by atoms with Crippen molar-refractivity contribution in [3.05, 3.63) is 46.2 Å². The molecule has 162 valence electrons. The third kappa shape index (κ3) is 3.76. The van der Waals surface area contributed by atoms with Crippen LogP contribution in [0.15, 0.2) is 35.6 Å². The maximum Gasteiger partial charge on any atom is 0.290 e. The van der Waals surface area contributed by atoms with Gasteiger partial charge in [-0.2, -0.15) is 0 Å². The van der Waals surface area contributed by atoms with Crippen molar-refractivity contribution >= 4 is 23.3 Å². The average molecular weight is 435 g/mol. The van der Waals surface area contributed by atoms with E-state index in [1.807, 2.05) is 12.1 Å². The van der Waals surface area contributed by atoms with Gasteiger partial charge in [0.2, 0.25) is 0 Å². The van der Waals surface area contributed by atoms with E-state index in [-0.39, 0.29) is 23.9 Å². The minimum atomic E-state index is -0.999. The van der Waals surface area contributed by atoms with Gasteiger partial charge >= 0.3 is 0 Å². The molecule has 2 heterocycles. The third-order valence-corrected chi connectivity index (χ3v) is 6.83. The van der Waals surface area contributed by atoms with Crippen molar-refractivity contribution in [2.45, 2.75) is 51.4 Å². The summed E-state index contributed by atoms with van der Waals surface area (Å²) in [5, 5.41) is 0.543. The van der Waals surface area contributed by atoms with E-state index in [9.17, 15) is 14.0 Å². The number of halogens is 2. The predicted octanol–water partition coefficient (Wildman–Crippen LogP) is 3.93. The van der Waals surface area contributed by atoms with E-state index in [2.05, 4.69) is 18.7 Å². The highest BCUT2D eigenvalue weighted by atomic mass is 35.5. The van der Waals surface area contributed by atoms with Crippen LogP contribution in [0.5, 0.6) is 0 Å². The van der Waals surface area contributed by atoms with Crippen LogP contribution in [0.4, 0.5) is 4.39 Å². The maximum atomic E-state index is 14.1. The number of carbonyl (C=O) groups excluding carboxylic acids is 2. The van der Waals surface area contributed by atoms with Crippen LogP contribution in [0, 0.1) is 5.92 Å². The first kappa shape index (κ1) is 21.3. The van der Waals surface area contributed by atoms with Crippen molar-refractivity contribution in [2.75, 3.05) is 26.2 Å². The van der Waals surface area contributed by atoms with E-state index in [0.29, 0.717) is 36.5 Å². The highest BCUT2D eigenvalue weighted by Crippen LogP contribution is 2.47. The van der Waals surface area contributed by atoms with E-state index in [4.69, 9.17) is 16.3 Å². The van der Waals surface area contributed by atoms with Gasteiger partial charge in [0.25, 0.3) is 5.91 Å². The van der Waals surface area contributed by atoms with E-state index in [0.717, 1.165) is 18.7 Å². The van der Waals surface area contributed by atoms with E-state index < -0.39 is 24.2 Å². The minimum absolute atomic E-state index is 0.146. The van der Waals surface area contributed by atoms with Crippen LogP contribution in [-0.2, 0) is 14.3 Å². The summed E-state index contributed by atoms with van der Waals surface area (Å²) in [6.07, 6.45) is -0.412. The first-order valence-electron chi connectivity index (χ1n) is 10.8. The quantitative estimate of drug-likeness (QED) is 0.680. The molecule has 4 rings (SSSR count). The second kappa shape index (κ2) is 8.67. The molecule has 1 aliphatic carbocycles. The predicted molar refractivity (Wildman–Crippen MR) is 113 cm³/mol. The Kier molecular flexibility index (Phi) is 6.16. The topological polar surface area (TPSA) is 49.9 Å². The Morgan fingerprint density at radius 2 is 2.00 bits per heavy atom. The fraction of sp³-hybridized carbons (Fsp3) is 0.565. The third-order valence-electron chi connectivity index (χ3n) is 6.60. The molecule has 1 aromatic carbocycles. The van der Waals surface area contributed by atoms with Crippen molar-refractivity contribution in [1.82, 2.24) is 9.80 Å². The van der Waals surface area contributed by atoms with Crippen molar-refractivity contribution in [3.63, 3.8) is 0 Å². The number of benzene rings is 1. The monoisotopic (exact) mass is 434 g/mol. The molecule has 0 spiro atoms. The number of alkyl halides is 1. The molecule has 7 heteroatoms. The zero-order valence-corrected chi connectivity index (χ0v) is 18.2. The zero-order chi connectivity index (χ0) is 21.4. The van der Waals surface area contributed by atoms with Gasteiger partial charge in [0.1, 0.15) is 12.3 Å². The van der Waals surface area contributed by atoms with Crippen LogP contribution in [-0.4, -0.2) is 59.9 Å². The van der Waals surface area contributed by atoms with Gasteiger partial charge in [0, 0.05) is 18.1 Å². The highest BCUT2D eigenvalue weighted by Gasteiger charge is 2.52. The van der Waals surface area contributed by atoms with Crippen molar-refractivity contribution < 1.29 is 18.7 Å². The summed E-state index contributed by atoms with van der Waals surface area (Å²) >= 11 is 6.23.